The van der Waals surface area contributed by atoms with E-state index in [0.29, 0.717) is 34.9 Å². The highest BCUT2D eigenvalue weighted by Crippen LogP contribution is 2.24. The first-order valence-electron chi connectivity index (χ1n) is 10.5. The third-order valence-corrected chi connectivity index (χ3v) is 5.30. The van der Waals surface area contributed by atoms with Crippen LogP contribution in [0.3, 0.4) is 0 Å². The molecule has 6 nitrogen and oxygen atoms in total. The number of thiocarbonyl (C=S) groups is 1. The minimum atomic E-state index is -0.368. The van der Waals surface area contributed by atoms with Crippen molar-refractivity contribution in [2.45, 2.75) is 19.8 Å². The summed E-state index contributed by atoms with van der Waals surface area (Å²) >= 11 is 8.69. The highest BCUT2D eigenvalue weighted by Gasteiger charge is 2.15. The molecule has 0 spiro atoms. The highest BCUT2D eigenvalue weighted by molar-refractivity contribution is 9.10. The van der Waals surface area contributed by atoms with Crippen LogP contribution in [0.15, 0.2) is 77.3 Å². The van der Waals surface area contributed by atoms with Crippen LogP contribution in [-0.2, 0) is 0 Å². The van der Waals surface area contributed by atoms with Crippen molar-refractivity contribution in [3.63, 3.8) is 0 Å². The van der Waals surface area contributed by atoms with Crippen molar-refractivity contribution in [2.24, 2.45) is 0 Å². The fraction of sp³-hybridized carbons (Fsp3) is 0.160. The van der Waals surface area contributed by atoms with Gasteiger partial charge in [0, 0.05) is 21.4 Å². The van der Waals surface area contributed by atoms with Crippen LogP contribution in [0.5, 0.6) is 5.75 Å². The SMILES string of the molecule is CCCCOc1ccc(Br)cc1C(=O)NC(=S)Nc1ccc(NC(=O)c2ccccc2)cc1. The summed E-state index contributed by atoms with van der Waals surface area (Å²) in [5.74, 6) is -0.0532. The Hall–Kier alpha value is -3.23. The van der Waals surface area contributed by atoms with E-state index >= 15 is 0 Å². The summed E-state index contributed by atoms with van der Waals surface area (Å²) in [4.78, 5) is 25.0. The molecule has 170 valence electrons. The van der Waals surface area contributed by atoms with Crippen LogP contribution < -0.4 is 20.7 Å². The fourth-order valence-electron chi connectivity index (χ4n) is 2.89. The molecule has 0 atom stereocenters. The average Bonchev–Trinajstić information content (AvgIpc) is 2.82. The number of nitrogens with one attached hydrogen (secondary N) is 3. The topological polar surface area (TPSA) is 79.5 Å². The number of halogens is 1. The van der Waals surface area contributed by atoms with Gasteiger partial charge in [-0.2, -0.15) is 0 Å². The van der Waals surface area contributed by atoms with E-state index in [1.165, 1.54) is 0 Å². The minimum absolute atomic E-state index is 0.153. The molecule has 8 heteroatoms. The number of carbonyl (C=O) groups is 2. The average molecular weight is 526 g/mol. The lowest BCUT2D eigenvalue weighted by Gasteiger charge is -2.14. The van der Waals surface area contributed by atoms with Gasteiger partial charge in [0.15, 0.2) is 5.11 Å². The molecule has 0 aromatic heterocycles. The number of rotatable bonds is 8. The molecule has 0 saturated heterocycles. The summed E-state index contributed by atoms with van der Waals surface area (Å²) in [6, 6.07) is 21.3. The second kappa shape index (κ2) is 12.1. The Morgan fingerprint density at radius 2 is 1.58 bits per heavy atom. The van der Waals surface area contributed by atoms with Crippen LogP contribution in [-0.4, -0.2) is 23.5 Å². The van der Waals surface area contributed by atoms with E-state index in [9.17, 15) is 9.59 Å². The van der Waals surface area contributed by atoms with Crippen LogP contribution in [0.2, 0.25) is 0 Å². The summed E-state index contributed by atoms with van der Waals surface area (Å²) in [6.45, 7) is 2.61. The molecule has 0 aliphatic heterocycles. The van der Waals surface area contributed by atoms with Crippen molar-refractivity contribution in [3.05, 3.63) is 88.4 Å². The van der Waals surface area contributed by atoms with Gasteiger partial charge in [-0.25, -0.2) is 0 Å². The maximum Gasteiger partial charge on any atom is 0.261 e. The zero-order chi connectivity index (χ0) is 23.6. The molecule has 0 aliphatic carbocycles. The number of hydrogen-bond donors (Lipinski definition) is 3. The Balaban J connectivity index is 1.58. The Labute approximate surface area is 206 Å². The first-order chi connectivity index (χ1) is 16.0. The van der Waals surface area contributed by atoms with Crippen molar-refractivity contribution in [3.8, 4) is 5.75 Å². The van der Waals surface area contributed by atoms with Gasteiger partial charge < -0.3 is 15.4 Å². The van der Waals surface area contributed by atoms with Crippen molar-refractivity contribution < 1.29 is 14.3 Å². The lowest BCUT2D eigenvalue weighted by Crippen LogP contribution is -2.34. The van der Waals surface area contributed by atoms with Gasteiger partial charge in [0.05, 0.1) is 12.2 Å². The molecule has 0 aliphatic rings. The molecular formula is C25H24BrN3O3S. The number of benzene rings is 3. The molecule has 3 N–H and O–H groups in total. The zero-order valence-corrected chi connectivity index (χ0v) is 20.5. The first-order valence-corrected chi connectivity index (χ1v) is 11.7. The quantitative estimate of drug-likeness (QED) is 0.248. The van der Waals surface area contributed by atoms with E-state index in [1.807, 2.05) is 24.3 Å². The highest BCUT2D eigenvalue weighted by atomic mass is 79.9. The summed E-state index contributed by atoms with van der Waals surface area (Å²) in [5.41, 5.74) is 2.29. The molecule has 0 saturated carbocycles. The Morgan fingerprint density at radius 3 is 2.24 bits per heavy atom. The summed E-state index contributed by atoms with van der Waals surface area (Å²) < 4.78 is 6.52. The molecular weight excluding hydrogens is 502 g/mol. The fourth-order valence-corrected chi connectivity index (χ4v) is 3.47. The number of carbonyl (C=O) groups excluding carboxylic acids is 2. The zero-order valence-electron chi connectivity index (χ0n) is 18.1. The molecule has 2 amide bonds. The number of amides is 2. The number of ether oxygens (including phenoxy) is 1. The van der Waals surface area contributed by atoms with Gasteiger partial charge in [-0.05, 0) is 73.2 Å². The first kappa shape index (κ1) is 24.4. The summed E-state index contributed by atoms with van der Waals surface area (Å²) in [7, 11) is 0. The molecule has 0 bridgehead atoms. The Kier molecular flexibility index (Phi) is 8.97. The largest absolute Gasteiger partial charge is 0.493 e. The van der Waals surface area contributed by atoms with Gasteiger partial charge in [0.2, 0.25) is 0 Å². The Morgan fingerprint density at radius 1 is 0.909 bits per heavy atom. The third-order valence-electron chi connectivity index (χ3n) is 4.61. The minimum Gasteiger partial charge on any atom is -0.493 e. The maximum atomic E-state index is 12.8. The lowest BCUT2D eigenvalue weighted by atomic mass is 10.2. The van der Waals surface area contributed by atoms with Gasteiger partial charge in [-0.15, -0.1) is 0 Å². The lowest BCUT2D eigenvalue weighted by molar-refractivity contribution is 0.0972. The molecule has 3 aromatic rings. The normalized spacial score (nSPS) is 10.2. The van der Waals surface area contributed by atoms with Crippen LogP contribution in [0.4, 0.5) is 11.4 Å². The molecule has 3 aromatic carbocycles. The van der Waals surface area contributed by atoms with Crippen LogP contribution in [0.25, 0.3) is 0 Å². The van der Waals surface area contributed by atoms with Gasteiger partial charge in [-0.3, -0.25) is 14.9 Å². The van der Waals surface area contributed by atoms with E-state index in [-0.39, 0.29) is 16.9 Å². The van der Waals surface area contributed by atoms with Crippen molar-refractivity contribution in [1.29, 1.82) is 0 Å². The third kappa shape index (κ3) is 7.40. The van der Waals surface area contributed by atoms with Crippen LogP contribution in [0, 0.1) is 0 Å². The standard InChI is InChI=1S/C25H24BrN3O3S/c1-2-3-15-32-22-14-9-18(26)16-21(22)24(31)29-25(33)28-20-12-10-19(11-13-20)27-23(30)17-7-5-4-6-8-17/h4-14,16H,2-3,15H2,1H3,(H,27,30)(H2,28,29,31,33). The monoisotopic (exact) mass is 525 g/mol. The summed E-state index contributed by atoms with van der Waals surface area (Å²) in [5, 5.41) is 8.65. The second-order valence-corrected chi connectivity index (χ2v) is 8.47. The van der Waals surface area contributed by atoms with Crippen molar-refractivity contribution in [2.75, 3.05) is 17.2 Å². The smallest absolute Gasteiger partial charge is 0.261 e. The number of unbranched alkanes of at least 4 members (excludes halogenated alkanes) is 1. The molecule has 0 unspecified atom stereocenters. The predicted octanol–water partition coefficient (Wildman–Crippen LogP) is 6.01. The van der Waals surface area contributed by atoms with Crippen LogP contribution >= 0.6 is 28.1 Å². The van der Waals surface area contributed by atoms with E-state index in [1.54, 1.807) is 48.5 Å². The van der Waals surface area contributed by atoms with Crippen LogP contribution in [0.1, 0.15) is 40.5 Å². The summed E-state index contributed by atoms with van der Waals surface area (Å²) in [6.07, 6.45) is 1.90. The molecule has 0 radical (unpaired) electrons. The molecule has 3 rings (SSSR count). The van der Waals surface area contributed by atoms with Crippen molar-refractivity contribution in [1.82, 2.24) is 5.32 Å². The van der Waals surface area contributed by atoms with E-state index < -0.39 is 0 Å². The van der Waals surface area contributed by atoms with Gasteiger partial charge in [-0.1, -0.05) is 47.5 Å². The van der Waals surface area contributed by atoms with Gasteiger partial charge in [0.25, 0.3) is 11.8 Å². The van der Waals surface area contributed by atoms with E-state index in [0.717, 1.165) is 17.3 Å². The molecule has 33 heavy (non-hydrogen) atoms. The number of anilines is 2. The van der Waals surface area contributed by atoms with Gasteiger partial charge in [0.1, 0.15) is 5.75 Å². The number of hydrogen-bond acceptors (Lipinski definition) is 4. The molecule has 0 heterocycles. The predicted molar refractivity (Wildman–Crippen MR) is 139 cm³/mol. The van der Waals surface area contributed by atoms with E-state index in [4.69, 9.17) is 17.0 Å². The van der Waals surface area contributed by atoms with Crippen molar-refractivity contribution >= 4 is 56.4 Å². The molecule has 0 fully saturated rings. The second-order valence-electron chi connectivity index (χ2n) is 7.15. The Bertz CT molecular complexity index is 1120. The maximum absolute atomic E-state index is 12.8. The van der Waals surface area contributed by atoms with Gasteiger partial charge >= 0.3 is 0 Å². The van der Waals surface area contributed by atoms with E-state index in [2.05, 4.69) is 38.8 Å².